The fraction of sp³-hybridized carbons (Fsp3) is 0.889. The summed E-state index contributed by atoms with van der Waals surface area (Å²) in [4.78, 5) is 13.7. The number of likely N-dealkylation sites (N-methyl/N-ethyl adjacent to an activating group) is 1. The zero-order valence-electron chi connectivity index (χ0n) is 7.55. The number of rotatable bonds is 3. The van der Waals surface area contributed by atoms with Gasteiger partial charge < -0.3 is 10.6 Å². The van der Waals surface area contributed by atoms with Crippen molar-refractivity contribution in [1.29, 1.82) is 0 Å². The molecule has 0 aromatic rings. The molecule has 2 saturated carbocycles. The van der Waals surface area contributed by atoms with Gasteiger partial charge in [0.1, 0.15) is 0 Å². The third-order valence-electron chi connectivity index (χ3n) is 2.80. The first-order valence-corrected chi connectivity index (χ1v) is 4.77. The van der Waals surface area contributed by atoms with Gasteiger partial charge >= 0.3 is 0 Å². The van der Waals surface area contributed by atoms with Crippen LogP contribution in [0.5, 0.6) is 0 Å². The molecule has 3 heteroatoms. The number of hydrogen-bond donors (Lipinski definition) is 1. The molecule has 0 aromatic carbocycles. The van der Waals surface area contributed by atoms with Gasteiger partial charge in [-0.05, 0) is 32.6 Å². The minimum Gasteiger partial charge on any atom is -0.338 e. The second kappa shape index (κ2) is 2.46. The van der Waals surface area contributed by atoms with E-state index in [2.05, 4.69) is 0 Å². The molecule has 0 spiro atoms. The molecule has 0 unspecified atom stereocenters. The van der Waals surface area contributed by atoms with Gasteiger partial charge in [0.25, 0.3) is 0 Å². The first-order chi connectivity index (χ1) is 5.67. The van der Waals surface area contributed by atoms with Gasteiger partial charge in [0.15, 0.2) is 0 Å². The van der Waals surface area contributed by atoms with Gasteiger partial charge in [-0.2, -0.15) is 0 Å². The van der Waals surface area contributed by atoms with E-state index in [1.165, 1.54) is 12.8 Å². The van der Waals surface area contributed by atoms with E-state index in [4.69, 9.17) is 5.73 Å². The molecule has 0 bridgehead atoms. The molecule has 2 N–H and O–H groups in total. The summed E-state index contributed by atoms with van der Waals surface area (Å²) in [5.74, 6) is 0.188. The number of hydrogen-bond acceptors (Lipinski definition) is 2. The summed E-state index contributed by atoms with van der Waals surface area (Å²) in [5.41, 5.74) is 5.38. The van der Waals surface area contributed by atoms with E-state index in [0.29, 0.717) is 6.04 Å². The number of amides is 1. The summed E-state index contributed by atoms with van der Waals surface area (Å²) in [6, 6.07) is 0.517. The van der Waals surface area contributed by atoms with Crippen molar-refractivity contribution < 1.29 is 4.79 Å². The number of carbonyl (C=O) groups is 1. The summed E-state index contributed by atoms with van der Waals surface area (Å²) in [7, 11) is 0. The molecule has 0 saturated heterocycles. The van der Waals surface area contributed by atoms with Crippen LogP contribution in [0, 0.1) is 0 Å². The molecular weight excluding hydrogens is 152 g/mol. The monoisotopic (exact) mass is 168 g/mol. The van der Waals surface area contributed by atoms with Gasteiger partial charge in [0, 0.05) is 12.6 Å². The number of nitrogens with two attached hydrogens (primary N) is 1. The van der Waals surface area contributed by atoms with E-state index in [0.717, 1.165) is 19.4 Å². The summed E-state index contributed by atoms with van der Waals surface area (Å²) >= 11 is 0. The zero-order chi connectivity index (χ0) is 8.77. The lowest BCUT2D eigenvalue weighted by Gasteiger charge is -2.23. The van der Waals surface area contributed by atoms with E-state index in [9.17, 15) is 4.79 Å². The Morgan fingerprint density at radius 2 is 2.17 bits per heavy atom. The lowest BCUT2D eigenvalue weighted by atomic mass is 10.2. The van der Waals surface area contributed by atoms with Crippen LogP contribution in [-0.2, 0) is 4.79 Å². The predicted octanol–water partition coefficient (Wildman–Crippen LogP) is 0.489. The second-order valence-corrected chi connectivity index (χ2v) is 3.98. The minimum absolute atomic E-state index is 0.188. The Morgan fingerprint density at radius 3 is 2.50 bits per heavy atom. The van der Waals surface area contributed by atoms with Crippen molar-refractivity contribution in [2.24, 2.45) is 5.73 Å². The molecule has 2 rings (SSSR count). The zero-order valence-corrected chi connectivity index (χ0v) is 7.55. The van der Waals surface area contributed by atoms with Gasteiger partial charge in [0.2, 0.25) is 5.91 Å². The van der Waals surface area contributed by atoms with Crippen molar-refractivity contribution in [2.75, 3.05) is 6.54 Å². The van der Waals surface area contributed by atoms with Crippen molar-refractivity contribution in [1.82, 2.24) is 4.90 Å². The van der Waals surface area contributed by atoms with Gasteiger partial charge in [-0.25, -0.2) is 0 Å². The van der Waals surface area contributed by atoms with Gasteiger partial charge in [-0.3, -0.25) is 4.79 Å². The van der Waals surface area contributed by atoms with E-state index >= 15 is 0 Å². The van der Waals surface area contributed by atoms with Crippen molar-refractivity contribution in [2.45, 2.75) is 44.2 Å². The lowest BCUT2D eigenvalue weighted by molar-refractivity contribution is -0.134. The molecule has 0 aliphatic heterocycles. The molecule has 0 radical (unpaired) electrons. The summed E-state index contributed by atoms with van der Waals surface area (Å²) in [5, 5.41) is 0. The molecule has 2 fully saturated rings. The third kappa shape index (κ3) is 1.22. The van der Waals surface area contributed by atoms with Crippen LogP contribution in [0.25, 0.3) is 0 Å². The maximum Gasteiger partial charge on any atom is 0.242 e. The summed E-state index contributed by atoms with van der Waals surface area (Å²) < 4.78 is 0. The summed E-state index contributed by atoms with van der Waals surface area (Å²) in [6.45, 7) is 2.85. The Hall–Kier alpha value is -0.570. The van der Waals surface area contributed by atoms with Gasteiger partial charge in [0.05, 0.1) is 5.54 Å². The third-order valence-corrected chi connectivity index (χ3v) is 2.80. The highest BCUT2D eigenvalue weighted by Gasteiger charge is 2.50. The van der Waals surface area contributed by atoms with Crippen LogP contribution in [-0.4, -0.2) is 28.9 Å². The highest BCUT2D eigenvalue weighted by molar-refractivity contribution is 5.89. The molecule has 12 heavy (non-hydrogen) atoms. The molecule has 1 amide bonds. The lowest BCUT2D eigenvalue weighted by Crippen LogP contribution is -2.46. The molecule has 0 aromatic heterocycles. The largest absolute Gasteiger partial charge is 0.338 e. The van der Waals surface area contributed by atoms with Crippen LogP contribution in [0.3, 0.4) is 0 Å². The normalized spacial score (nSPS) is 25.2. The SMILES string of the molecule is CCN(C(=O)C1(N)CC1)C1CC1. The Kier molecular flexibility index (Phi) is 1.65. The van der Waals surface area contributed by atoms with Crippen molar-refractivity contribution >= 4 is 5.91 Å². The Balaban J connectivity index is 2.00. The molecule has 2 aliphatic carbocycles. The first kappa shape index (κ1) is 8.05. The van der Waals surface area contributed by atoms with Crippen molar-refractivity contribution in [3.05, 3.63) is 0 Å². The highest BCUT2D eigenvalue weighted by Crippen LogP contribution is 2.37. The van der Waals surface area contributed by atoms with Crippen LogP contribution < -0.4 is 5.73 Å². The maximum atomic E-state index is 11.7. The van der Waals surface area contributed by atoms with Crippen molar-refractivity contribution in [3.63, 3.8) is 0 Å². The quantitative estimate of drug-likeness (QED) is 0.666. The van der Waals surface area contributed by atoms with E-state index in [1.54, 1.807) is 0 Å². The summed E-state index contributed by atoms with van der Waals surface area (Å²) in [6.07, 6.45) is 4.12. The molecule has 3 nitrogen and oxygen atoms in total. The van der Waals surface area contributed by atoms with Crippen LogP contribution in [0.2, 0.25) is 0 Å². The second-order valence-electron chi connectivity index (χ2n) is 3.98. The molecular formula is C9H16N2O. The Morgan fingerprint density at radius 1 is 1.58 bits per heavy atom. The molecule has 0 heterocycles. The molecule has 68 valence electrons. The standard InChI is InChI=1S/C9H16N2O/c1-2-11(7-3-4-7)8(12)9(10)5-6-9/h7H,2-6,10H2,1H3. The number of nitrogens with zero attached hydrogens (tertiary/aromatic N) is 1. The van der Waals surface area contributed by atoms with Crippen molar-refractivity contribution in [3.8, 4) is 0 Å². The maximum absolute atomic E-state index is 11.7. The van der Waals surface area contributed by atoms with Crippen LogP contribution in [0.15, 0.2) is 0 Å². The fourth-order valence-electron chi connectivity index (χ4n) is 1.59. The predicted molar refractivity (Wildman–Crippen MR) is 46.6 cm³/mol. The van der Waals surface area contributed by atoms with Gasteiger partial charge in [-0.1, -0.05) is 0 Å². The van der Waals surface area contributed by atoms with E-state index < -0.39 is 5.54 Å². The average molecular weight is 168 g/mol. The van der Waals surface area contributed by atoms with Crippen LogP contribution >= 0.6 is 0 Å². The average Bonchev–Trinajstić information content (AvgIpc) is 2.86. The Labute approximate surface area is 72.9 Å². The molecule has 0 atom stereocenters. The van der Waals surface area contributed by atoms with Crippen LogP contribution in [0.1, 0.15) is 32.6 Å². The van der Waals surface area contributed by atoms with Crippen LogP contribution in [0.4, 0.5) is 0 Å². The van der Waals surface area contributed by atoms with E-state index in [-0.39, 0.29) is 5.91 Å². The Bertz CT molecular complexity index is 207. The minimum atomic E-state index is -0.460. The highest BCUT2D eigenvalue weighted by atomic mass is 16.2. The smallest absolute Gasteiger partial charge is 0.242 e. The number of carbonyl (C=O) groups excluding carboxylic acids is 1. The first-order valence-electron chi connectivity index (χ1n) is 4.77. The fourth-order valence-corrected chi connectivity index (χ4v) is 1.59. The molecule has 2 aliphatic rings. The topological polar surface area (TPSA) is 46.3 Å². The van der Waals surface area contributed by atoms with E-state index in [1.807, 2.05) is 11.8 Å². The van der Waals surface area contributed by atoms with Gasteiger partial charge in [-0.15, -0.1) is 0 Å².